The van der Waals surface area contributed by atoms with Gasteiger partial charge in [0.05, 0.1) is 18.1 Å². The molecule has 1 aliphatic rings. The number of halogens is 2. The second kappa shape index (κ2) is 9.48. The minimum Gasteiger partial charge on any atom is -0.495 e. The molecule has 5 nitrogen and oxygen atoms in total. The van der Waals surface area contributed by atoms with Crippen molar-refractivity contribution in [1.29, 1.82) is 0 Å². The van der Waals surface area contributed by atoms with Crippen LogP contribution in [0.4, 0.5) is 5.13 Å². The zero-order valence-corrected chi connectivity index (χ0v) is 20.9. The highest BCUT2D eigenvalue weighted by atomic mass is 79.9. The van der Waals surface area contributed by atoms with Crippen LogP contribution >= 0.6 is 38.9 Å². The largest absolute Gasteiger partial charge is 0.495 e. The molecule has 1 aliphatic heterocycles. The first-order valence-electron chi connectivity index (χ1n) is 9.88. The molecule has 31 heavy (non-hydrogen) atoms. The van der Waals surface area contributed by atoms with Gasteiger partial charge in [0.2, 0.25) is 0 Å². The number of benzene rings is 2. The van der Waals surface area contributed by atoms with Crippen LogP contribution in [-0.2, 0) is 16.3 Å². The summed E-state index contributed by atoms with van der Waals surface area (Å²) >= 11 is 11.2. The molecule has 2 heterocycles. The second-order valence-corrected chi connectivity index (χ2v) is 11.8. The number of methoxy groups -OCH3 is 1. The highest BCUT2D eigenvalue weighted by Gasteiger charge is 2.34. The van der Waals surface area contributed by atoms with Crippen LogP contribution < -0.4 is 9.64 Å². The summed E-state index contributed by atoms with van der Waals surface area (Å²) < 4.78 is 32.8. The highest BCUT2D eigenvalue weighted by molar-refractivity contribution is 9.10. The van der Waals surface area contributed by atoms with Crippen molar-refractivity contribution in [2.45, 2.75) is 29.4 Å². The fraction of sp³-hybridized carbons (Fsp3) is 0.318. The summed E-state index contributed by atoms with van der Waals surface area (Å²) in [5.74, 6) is 0.337. The third-order valence-corrected chi connectivity index (χ3v) is 9.36. The van der Waals surface area contributed by atoms with Crippen molar-refractivity contribution in [3.8, 4) is 5.75 Å². The molecule has 2 aromatic carbocycles. The molecule has 1 aromatic heterocycles. The van der Waals surface area contributed by atoms with Crippen molar-refractivity contribution < 1.29 is 13.2 Å². The molecular formula is C22H22BrClN2O3S2. The molecule has 9 heteroatoms. The highest BCUT2D eigenvalue weighted by Crippen LogP contribution is 2.34. The van der Waals surface area contributed by atoms with Crippen molar-refractivity contribution in [3.05, 3.63) is 68.6 Å². The first kappa shape index (κ1) is 22.6. The van der Waals surface area contributed by atoms with Gasteiger partial charge >= 0.3 is 0 Å². The van der Waals surface area contributed by atoms with E-state index in [0.717, 1.165) is 21.7 Å². The molecule has 4 rings (SSSR count). The summed E-state index contributed by atoms with van der Waals surface area (Å²) in [5.41, 5.74) is 2.23. The SMILES string of the molecule is COc1ccc(Cl)cc1S(=O)(=O)C1CCN(c2nc(Cc3cccc(Br)c3)cs2)CC1. The average molecular weight is 542 g/mol. The van der Waals surface area contributed by atoms with Gasteiger partial charge in [0.25, 0.3) is 0 Å². The molecule has 0 atom stereocenters. The van der Waals surface area contributed by atoms with Crippen LogP contribution in [0.25, 0.3) is 0 Å². The first-order valence-corrected chi connectivity index (χ1v) is 13.5. The number of hydrogen-bond donors (Lipinski definition) is 0. The Morgan fingerprint density at radius 1 is 1.23 bits per heavy atom. The molecule has 0 bridgehead atoms. The van der Waals surface area contributed by atoms with Crippen LogP contribution in [0.1, 0.15) is 24.1 Å². The van der Waals surface area contributed by atoms with Crippen LogP contribution in [0, 0.1) is 0 Å². The normalized spacial score (nSPS) is 15.3. The maximum Gasteiger partial charge on any atom is 0.185 e. The first-order chi connectivity index (χ1) is 14.9. The summed E-state index contributed by atoms with van der Waals surface area (Å²) in [5, 5.41) is 2.95. The molecule has 0 N–H and O–H groups in total. The van der Waals surface area contributed by atoms with Gasteiger partial charge in [-0.15, -0.1) is 11.3 Å². The molecule has 0 amide bonds. The van der Waals surface area contributed by atoms with Gasteiger partial charge < -0.3 is 9.64 Å². The summed E-state index contributed by atoms with van der Waals surface area (Å²) in [6.45, 7) is 1.30. The predicted octanol–water partition coefficient (Wildman–Crippen LogP) is 5.60. The zero-order valence-electron chi connectivity index (χ0n) is 16.9. The minimum atomic E-state index is -3.53. The summed E-state index contributed by atoms with van der Waals surface area (Å²) in [6, 6.07) is 12.9. The van der Waals surface area contributed by atoms with Crippen molar-refractivity contribution in [2.24, 2.45) is 0 Å². The Kier molecular flexibility index (Phi) is 6.91. The van der Waals surface area contributed by atoms with Crippen LogP contribution in [0.3, 0.4) is 0 Å². The second-order valence-electron chi connectivity index (χ2n) is 7.45. The van der Waals surface area contributed by atoms with Crippen LogP contribution in [0.5, 0.6) is 5.75 Å². The van der Waals surface area contributed by atoms with E-state index in [1.165, 1.54) is 18.7 Å². The number of sulfone groups is 1. The van der Waals surface area contributed by atoms with E-state index in [-0.39, 0.29) is 4.90 Å². The summed E-state index contributed by atoms with van der Waals surface area (Å²) in [6.07, 6.45) is 1.85. The number of nitrogens with zero attached hydrogens (tertiary/aromatic N) is 2. The Balaban J connectivity index is 1.43. The number of piperidine rings is 1. The van der Waals surface area contributed by atoms with Gasteiger partial charge in [0.15, 0.2) is 15.0 Å². The van der Waals surface area contributed by atoms with Crippen molar-refractivity contribution in [2.75, 3.05) is 25.1 Å². The van der Waals surface area contributed by atoms with E-state index >= 15 is 0 Å². The maximum atomic E-state index is 13.2. The van der Waals surface area contributed by atoms with Crippen molar-refractivity contribution in [1.82, 2.24) is 4.98 Å². The van der Waals surface area contributed by atoms with E-state index in [2.05, 4.69) is 38.3 Å². The van der Waals surface area contributed by atoms with Gasteiger partial charge in [-0.05, 0) is 48.7 Å². The molecule has 1 saturated heterocycles. The Morgan fingerprint density at radius 2 is 2.00 bits per heavy atom. The van der Waals surface area contributed by atoms with Gasteiger partial charge in [-0.3, -0.25) is 0 Å². The van der Waals surface area contributed by atoms with E-state index in [1.54, 1.807) is 23.5 Å². The number of ether oxygens (including phenoxy) is 1. The number of anilines is 1. The lowest BCUT2D eigenvalue weighted by molar-refractivity contribution is 0.402. The van der Waals surface area contributed by atoms with Gasteiger partial charge in [-0.2, -0.15) is 0 Å². The van der Waals surface area contributed by atoms with Crippen LogP contribution in [-0.4, -0.2) is 38.9 Å². The molecule has 0 saturated carbocycles. The predicted molar refractivity (Wildman–Crippen MR) is 129 cm³/mol. The fourth-order valence-corrected chi connectivity index (χ4v) is 7.26. The molecule has 0 unspecified atom stereocenters. The number of rotatable bonds is 6. The lowest BCUT2D eigenvalue weighted by Gasteiger charge is -2.31. The van der Waals surface area contributed by atoms with Crippen LogP contribution in [0.2, 0.25) is 5.02 Å². The molecule has 0 spiro atoms. The third kappa shape index (κ3) is 5.08. The Bertz CT molecular complexity index is 1180. The third-order valence-electron chi connectivity index (χ3n) is 5.40. The number of thiazole rings is 1. The van der Waals surface area contributed by atoms with E-state index in [4.69, 9.17) is 21.3 Å². The molecule has 0 radical (unpaired) electrons. The topological polar surface area (TPSA) is 59.5 Å². The van der Waals surface area contributed by atoms with Crippen molar-refractivity contribution >= 4 is 53.8 Å². The van der Waals surface area contributed by atoms with E-state index in [9.17, 15) is 8.42 Å². The maximum absolute atomic E-state index is 13.2. The summed E-state index contributed by atoms with van der Waals surface area (Å²) in [4.78, 5) is 7.14. The molecular weight excluding hydrogens is 520 g/mol. The van der Waals surface area contributed by atoms with Crippen molar-refractivity contribution in [3.63, 3.8) is 0 Å². The van der Waals surface area contributed by atoms with Gasteiger partial charge in [-0.1, -0.05) is 39.7 Å². The van der Waals surface area contributed by atoms with Crippen LogP contribution in [0.15, 0.2) is 57.2 Å². The molecule has 1 fully saturated rings. The van der Waals surface area contributed by atoms with E-state index < -0.39 is 15.1 Å². The lowest BCUT2D eigenvalue weighted by Crippen LogP contribution is -2.39. The quantitative estimate of drug-likeness (QED) is 0.406. The Morgan fingerprint density at radius 3 is 2.71 bits per heavy atom. The monoisotopic (exact) mass is 540 g/mol. The van der Waals surface area contributed by atoms with E-state index in [1.807, 2.05) is 12.1 Å². The smallest absolute Gasteiger partial charge is 0.185 e. The average Bonchev–Trinajstić information content (AvgIpc) is 3.22. The van der Waals surface area contributed by atoms with Gasteiger partial charge in [0, 0.05) is 34.4 Å². The standard InChI is InChI=1S/C22H22BrClN2O3S2/c1-29-20-6-5-17(24)13-21(20)31(27,28)19-7-9-26(10-8-19)22-25-18(14-30-22)12-15-3-2-4-16(23)11-15/h2-6,11,13-14,19H,7-10,12H2,1H3. The van der Waals surface area contributed by atoms with E-state index in [0.29, 0.717) is 36.7 Å². The zero-order chi connectivity index (χ0) is 22.0. The Labute approximate surface area is 200 Å². The van der Waals surface area contributed by atoms with Gasteiger partial charge in [0.1, 0.15) is 10.6 Å². The number of aromatic nitrogens is 1. The number of hydrogen-bond acceptors (Lipinski definition) is 6. The van der Waals surface area contributed by atoms with Gasteiger partial charge in [-0.25, -0.2) is 13.4 Å². The summed E-state index contributed by atoms with van der Waals surface area (Å²) in [7, 11) is -2.06. The molecule has 164 valence electrons. The Hall–Kier alpha value is -1.61. The minimum absolute atomic E-state index is 0.173. The molecule has 0 aliphatic carbocycles. The molecule has 3 aromatic rings. The lowest BCUT2D eigenvalue weighted by atomic mass is 10.1. The fourth-order valence-electron chi connectivity index (χ4n) is 3.79.